The van der Waals surface area contributed by atoms with Crippen LogP contribution in [0.3, 0.4) is 0 Å². The number of hydrogen-bond donors (Lipinski definition) is 0. The molecule has 0 aromatic carbocycles. The van der Waals surface area contributed by atoms with Crippen molar-refractivity contribution in [3.63, 3.8) is 0 Å². The molecule has 0 bridgehead atoms. The molecule has 6 nitrogen and oxygen atoms in total. The van der Waals surface area contributed by atoms with E-state index < -0.39 is 0 Å². The molecule has 134 valence electrons. The van der Waals surface area contributed by atoms with Crippen molar-refractivity contribution in [2.75, 3.05) is 13.1 Å². The first-order valence-corrected chi connectivity index (χ1v) is 9.27. The zero-order chi connectivity index (χ0) is 17.7. The van der Waals surface area contributed by atoms with Gasteiger partial charge in [-0.2, -0.15) is 5.10 Å². The van der Waals surface area contributed by atoms with Crippen LogP contribution in [0.15, 0.2) is 12.3 Å². The van der Waals surface area contributed by atoms with Crippen LogP contribution in [0.2, 0.25) is 0 Å². The van der Waals surface area contributed by atoms with Crippen LogP contribution in [-0.4, -0.2) is 50.9 Å². The number of aromatic nitrogens is 3. The van der Waals surface area contributed by atoms with E-state index in [0.29, 0.717) is 19.0 Å². The number of morpholine rings is 1. The molecular weight excluding hydrogens is 316 g/mol. The van der Waals surface area contributed by atoms with Crippen LogP contribution in [0, 0.1) is 0 Å². The van der Waals surface area contributed by atoms with Crippen LogP contribution >= 0.6 is 0 Å². The molecule has 0 spiro atoms. The van der Waals surface area contributed by atoms with Gasteiger partial charge in [-0.05, 0) is 46.6 Å². The second kappa shape index (κ2) is 6.09. The van der Waals surface area contributed by atoms with Crippen molar-refractivity contribution < 1.29 is 9.53 Å². The number of hydrogen-bond acceptors (Lipinski definition) is 4. The molecule has 25 heavy (non-hydrogen) atoms. The van der Waals surface area contributed by atoms with Crippen LogP contribution in [-0.2, 0) is 4.74 Å². The van der Waals surface area contributed by atoms with Crippen molar-refractivity contribution in [3.05, 3.63) is 23.5 Å². The van der Waals surface area contributed by atoms with Gasteiger partial charge < -0.3 is 9.64 Å². The lowest BCUT2D eigenvalue weighted by atomic mass is 10.1. The largest absolute Gasteiger partial charge is 0.372 e. The highest BCUT2D eigenvalue weighted by atomic mass is 16.5. The van der Waals surface area contributed by atoms with Crippen molar-refractivity contribution in [3.8, 4) is 0 Å². The lowest BCUT2D eigenvalue weighted by molar-refractivity contribution is -0.0585. The molecule has 6 heteroatoms. The van der Waals surface area contributed by atoms with E-state index in [0.717, 1.165) is 35.1 Å². The molecule has 4 rings (SSSR count). The van der Waals surface area contributed by atoms with Crippen molar-refractivity contribution in [1.29, 1.82) is 0 Å². The average Bonchev–Trinajstić information content (AvgIpc) is 3.31. The van der Waals surface area contributed by atoms with Gasteiger partial charge in [0.25, 0.3) is 5.91 Å². The van der Waals surface area contributed by atoms with E-state index in [1.54, 1.807) is 6.20 Å². The molecule has 2 aromatic heterocycles. The van der Waals surface area contributed by atoms with E-state index in [-0.39, 0.29) is 24.2 Å². The first kappa shape index (κ1) is 16.5. The quantitative estimate of drug-likeness (QED) is 0.860. The van der Waals surface area contributed by atoms with Gasteiger partial charge in [0.15, 0.2) is 5.65 Å². The summed E-state index contributed by atoms with van der Waals surface area (Å²) in [6.07, 6.45) is 4.23. The van der Waals surface area contributed by atoms with Gasteiger partial charge in [-0.1, -0.05) is 0 Å². The fourth-order valence-electron chi connectivity index (χ4n) is 3.69. The molecule has 1 aliphatic carbocycles. The summed E-state index contributed by atoms with van der Waals surface area (Å²) in [7, 11) is 0. The number of carbonyl (C=O) groups is 1. The summed E-state index contributed by atoms with van der Waals surface area (Å²) < 4.78 is 7.69. The third-order valence-electron chi connectivity index (χ3n) is 5.01. The Kier molecular flexibility index (Phi) is 4.02. The van der Waals surface area contributed by atoms with Crippen molar-refractivity contribution in [2.24, 2.45) is 0 Å². The van der Waals surface area contributed by atoms with Gasteiger partial charge in [0.2, 0.25) is 0 Å². The molecule has 0 radical (unpaired) electrons. The summed E-state index contributed by atoms with van der Waals surface area (Å²) in [4.78, 5) is 20.0. The highest BCUT2D eigenvalue weighted by Gasteiger charge is 2.31. The first-order chi connectivity index (χ1) is 11.9. The summed E-state index contributed by atoms with van der Waals surface area (Å²) in [6, 6.07) is 2.21. The fraction of sp³-hybridized carbons (Fsp3) is 0.632. The Bertz CT molecular complexity index is 799. The SMILES string of the molecule is CC1CN(C(=O)c2cc(C3CC3)nc3c2cnn3C(C)C)CC(C)O1. The Hall–Kier alpha value is -1.95. The van der Waals surface area contributed by atoms with Crippen molar-refractivity contribution in [2.45, 2.75) is 64.7 Å². The predicted octanol–water partition coefficient (Wildman–Crippen LogP) is 3.14. The van der Waals surface area contributed by atoms with Crippen LogP contribution in [0.4, 0.5) is 0 Å². The molecule has 2 unspecified atom stereocenters. The smallest absolute Gasteiger partial charge is 0.254 e. The molecule has 0 N–H and O–H groups in total. The van der Waals surface area contributed by atoms with Gasteiger partial charge in [-0.25, -0.2) is 9.67 Å². The summed E-state index contributed by atoms with van der Waals surface area (Å²) in [6.45, 7) is 9.47. The predicted molar refractivity (Wildman–Crippen MR) is 95.8 cm³/mol. The zero-order valence-electron chi connectivity index (χ0n) is 15.4. The van der Waals surface area contributed by atoms with Crippen LogP contribution < -0.4 is 0 Å². The van der Waals surface area contributed by atoms with Gasteiger partial charge in [-0.15, -0.1) is 0 Å². The third-order valence-corrected chi connectivity index (χ3v) is 5.01. The Morgan fingerprint density at radius 3 is 2.52 bits per heavy atom. The molecular formula is C19H26N4O2. The molecule has 1 amide bonds. The standard InChI is InChI=1S/C19H26N4O2/c1-11(2)23-18-16(8-20-23)15(7-17(21-18)14-5-6-14)19(24)22-9-12(3)25-13(4)10-22/h7-8,11-14H,5-6,9-10H2,1-4H3. The van der Waals surface area contributed by atoms with Gasteiger partial charge in [0.05, 0.1) is 29.4 Å². The summed E-state index contributed by atoms with van der Waals surface area (Å²) in [5, 5.41) is 5.35. The van der Waals surface area contributed by atoms with Gasteiger partial charge in [0.1, 0.15) is 0 Å². The summed E-state index contributed by atoms with van der Waals surface area (Å²) in [5.74, 6) is 0.564. The maximum atomic E-state index is 13.3. The molecule has 2 aliphatic rings. The van der Waals surface area contributed by atoms with E-state index in [1.165, 1.54) is 0 Å². The van der Waals surface area contributed by atoms with E-state index in [2.05, 4.69) is 18.9 Å². The Morgan fingerprint density at radius 1 is 1.24 bits per heavy atom. The van der Waals surface area contributed by atoms with Crippen LogP contribution in [0.5, 0.6) is 0 Å². The normalized spacial score (nSPS) is 24.3. The zero-order valence-corrected chi connectivity index (χ0v) is 15.4. The number of pyridine rings is 1. The topological polar surface area (TPSA) is 60.2 Å². The number of fused-ring (bicyclic) bond motifs is 1. The van der Waals surface area contributed by atoms with E-state index in [9.17, 15) is 4.79 Å². The minimum atomic E-state index is 0.0614. The van der Waals surface area contributed by atoms with Crippen molar-refractivity contribution >= 4 is 16.9 Å². The highest BCUT2D eigenvalue weighted by Crippen LogP contribution is 2.40. The minimum absolute atomic E-state index is 0.0614. The Morgan fingerprint density at radius 2 is 1.92 bits per heavy atom. The number of carbonyl (C=O) groups excluding carboxylic acids is 1. The Labute approximate surface area is 148 Å². The molecule has 1 aliphatic heterocycles. The Balaban J connectivity index is 1.78. The van der Waals surface area contributed by atoms with Gasteiger partial charge >= 0.3 is 0 Å². The van der Waals surface area contributed by atoms with E-state index >= 15 is 0 Å². The maximum absolute atomic E-state index is 13.3. The number of nitrogens with zero attached hydrogens (tertiary/aromatic N) is 4. The lowest BCUT2D eigenvalue weighted by Crippen LogP contribution is -2.48. The molecule has 2 aromatic rings. The van der Waals surface area contributed by atoms with Crippen LogP contribution in [0.25, 0.3) is 11.0 Å². The first-order valence-electron chi connectivity index (χ1n) is 9.27. The van der Waals surface area contributed by atoms with Gasteiger partial charge in [-0.3, -0.25) is 4.79 Å². The highest BCUT2D eigenvalue weighted by molar-refractivity contribution is 6.05. The van der Waals surface area contributed by atoms with E-state index in [4.69, 9.17) is 9.72 Å². The van der Waals surface area contributed by atoms with E-state index in [1.807, 2.05) is 29.5 Å². The van der Waals surface area contributed by atoms with Crippen molar-refractivity contribution in [1.82, 2.24) is 19.7 Å². The monoisotopic (exact) mass is 342 g/mol. The second-order valence-electron chi connectivity index (χ2n) is 7.76. The summed E-state index contributed by atoms with van der Waals surface area (Å²) in [5.41, 5.74) is 2.60. The molecule has 3 heterocycles. The molecule has 2 fully saturated rings. The summed E-state index contributed by atoms with van der Waals surface area (Å²) >= 11 is 0. The lowest BCUT2D eigenvalue weighted by Gasteiger charge is -2.35. The van der Waals surface area contributed by atoms with Gasteiger partial charge in [0, 0.05) is 30.7 Å². The molecule has 2 atom stereocenters. The third kappa shape index (κ3) is 3.03. The maximum Gasteiger partial charge on any atom is 0.254 e. The number of ether oxygens (including phenoxy) is 1. The average molecular weight is 342 g/mol. The molecule has 1 saturated carbocycles. The number of amides is 1. The number of rotatable bonds is 3. The minimum Gasteiger partial charge on any atom is -0.372 e. The van der Waals surface area contributed by atoms with Crippen LogP contribution in [0.1, 0.15) is 68.5 Å². The fourth-order valence-corrected chi connectivity index (χ4v) is 3.69. The second-order valence-corrected chi connectivity index (χ2v) is 7.76. The molecule has 1 saturated heterocycles.